The monoisotopic (exact) mass is 363 g/mol. The van der Waals surface area contributed by atoms with Crippen molar-refractivity contribution in [2.45, 2.75) is 26.3 Å². The highest BCUT2D eigenvalue weighted by molar-refractivity contribution is 6.42. The summed E-state index contributed by atoms with van der Waals surface area (Å²) in [4.78, 5) is 12.6. The third kappa shape index (κ3) is 5.25. The van der Waals surface area contributed by atoms with E-state index in [0.717, 1.165) is 5.56 Å². The van der Waals surface area contributed by atoms with Crippen molar-refractivity contribution < 1.29 is 4.79 Å². The van der Waals surface area contributed by atoms with Gasteiger partial charge < -0.3 is 5.32 Å². The van der Waals surface area contributed by atoms with E-state index < -0.39 is 5.54 Å². The number of nitrogens with zero attached hydrogens (tertiary/aromatic N) is 2. The molecule has 0 aliphatic carbocycles. The van der Waals surface area contributed by atoms with Gasteiger partial charge in [-0.1, -0.05) is 53.5 Å². The van der Waals surface area contributed by atoms with Gasteiger partial charge in [0.2, 0.25) is 0 Å². The van der Waals surface area contributed by atoms with E-state index in [2.05, 4.69) is 10.4 Å². The predicted octanol–water partition coefficient (Wildman–Crippen LogP) is 5.34. The standard InChI is InChI=1S/C18H19Cl2N3O/c1-18(2,3)22-17(24)23(14-9-10-15(19)16(20)11-14)21-12-13-7-5-4-6-8-13/h4-12H,1-3H3,(H,22,24)/b21-12+. The van der Waals surface area contributed by atoms with Gasteiger partial charge in [0, 0.05) is 5.54 Å². The SMILES string of the molecule is CC(C)(C)NC(=O)N(/N=C/c1ccccc1)c1ccc(Cl)c(Cl)c1. The number of nitrogens with one attached hydrogen (secondary N) is 1. The second kappa shape index (κ2) is 7.69. The highest BCUT2D eigenvalue weighted by atomic mass is 35.5. The van der Waals surface area contributed by atoms with Crippen molar-refractivity contribution in [3.8, 4) is 0 Å². The fraction of sp³-hybridized carbons (Fsp3) is 0.222. The molecule has 0 spiro atoms. The Labute approximate surface area is 152 Å². The summed E-state index contributed by atoms with van der Waals surface area (Å²) in [6.45, 7) is 5.70. The highest BCUT2D eigenvalue weighted by Crippen LogP contribution is 2.27. The zero-order valence-corrected chi connectivity index (χ0v) is 15.3. The van der Waals surface area contributed by atoms with Crippen molar-refractivity contribution in [3.63, 3.8) is 0 Å². The molecule has 0 aliphatic heterocycles. The molecule has 0 saturated heterocycles. The molecule has 2 rings (SSSR count). The van der Waals surface area contributed by atoms with Crippen LogP contribution in [0.15, 0.2) is 53.6 Å². The Hall–Kier alpha value is -2.04. The molecule has 0 aromatic heterocycles. The van der Waals surface area contributed by atoms with Crippen LogP contribution < -0.4 is 10.3 Å². The molecule has 0 fully saturated rings. The van der Waals surface area contributed by atoms with Gasteiger partial charge in [0.1, 0.15) is 0 Å². The summed E-state index contributed by atoms with van der Waals surface area (Å²) >= 11 is 12.0. The smallest absolute Gasteiger partial charge is 0.332 e. The first-order chi connectivity index (χ1) is 11.3. The molecular weight excluding hydrogens is 345 g/mol. The number of amides is 2. The Bertz CT molecular complexity index is 740. The highest BCUT2D eigenvalue weighted by Gasteiger charge is 2.21. The van der Waals surface area contributed by atoms with Gasteiger partial charge in [-0.2, -0.15) is 10.1 Å². The van der Waals surface area contributed by atoms with Gasteiger partial charge in [-0.05, 0) is 44.5 Å². The topological polar surface area (TPSA) is 44.7 Å². The largest absolute Gasteiger partial charge is 0.343 e. The molecule has 1 N–H and O–H groups in total. The molecular formula is C18H19Cl2N3O. The van der Waals surface area contributed by atoms with E-state index in [9.17, 15) is 4.79 Å². The second-order valence-corrected chi connectivity index (χ2v) is 7.06. The summed E-state index contributed by atoms with van der Waals surface area (Å²) in [5, 5.41) is 9.24. The summed E-state index contributed by atoms with van der Waals surface area (Å²) in [5.41, 5.74) is 1.01. The molecule has 0 aliphatic rings. The maximum Gasteiger partial charge on any atom is 0.343 e. The molecule has 0 bridgehead atoms. The predicted molar refractivity (Wildman–Crippen MR) is 101 cm³/mol. The molecule has 0 atom stereocenters. The Morgan fingerprint density at radius 2 is 1.75 bits per heavy atom. The van der Waals surface area contributed by atoms with Crippen LogP contribution in [0, 0.1) is 0 Å². The fourth-order valence-corrected chi connectivity index (χ4v) is 2.18. The van der Waals surface area contributed by atoms with E-state index in [0.29, 0.717) is 15.7 Å². The van der Waals surface area contributed by atoms with Crippen LogP contribution in [0.25, 0.3) is 0 Å². The molecule has 24 heavy (non-hydrogen) atoms. The summed E-state index contributed by atoms with van der Waals surface area (Å²) in [6.07, 6.45) is 1.62. The van der Waals surface area contributed by atoms with Crippen molar-refractivity contribution >= 4 is 41.1 Å². The van der Waals surface area contributed by atoms with Crippen molar-refractivity contribution in [2.75, 3.05) is 5.01 Å². The first kappa shape index (κ1) is 18.3. The molecule has 2 amide bonds. The first-order valence-electron chi connectivity index (χ1n) is 7.42. The molecule has 126 valence electrons. The van der Waals surface area contributed by atoms with Crippen LogP contribution in [0.5, 0.6) is 0 Å². The quantitative estimate of drug-likeness (QED) is 0.580. The van der Waals surface area contributed by atoms with E-state index >= 15 is 0 Å². The molecule has 0 heterocycles. The van der Waals surface area contributed by atoms with Crippen LogP contribution >= 0.6 is 23.2 Å². The number of hydrogen-bond donors (Lipinski definition) is 1. The average Bonchev–Trinajstić information content (AvgIpc) is 2.50. The van der Waals surface area contributed by atoms with Gasteiger partial charge in [0.05, 0.1) is 21.9 Å². The number of rotatable bonds is 3. The lowest BCUT2D eigenvalue weighted by atomic mass is 10.1. The lowest BCUT2D eigenvalue weighted by Crippen LogP contribution is -2.47. The van der Waals surface area contributed by atoms with Gasteiger partial charge in [-0.3, -0.25) is 0 Å². The summed E-state index contributed by atoms with van der Waals surface area (Å²) in [7, 11) is 0. The van der Waals surface area contributed by atoms with Crippen molar-refractivity contribution in [1.82, 2.24) is 5.32 Å². The minimum Gasteiger partial charge on any atom is -0.332 e. The van der Waals surface area contributed by atoms with E-state index in [1.807, 2.05) is 51.1 Å². The van der Waals surface area contributed by atoms with Crippen LogP contribution in [0.2, 0.25) is 10.0 Å². The van der Waals surface area contributed by atoms with Crippen molar-refractivity contribution in [1.29, 1.82) is 0 Å². The Kier molecular flexibility index (Phi) is 5.86. The fourth-order valence-electron chi connectivity index (χ4n) is 1.89. The van der Waals surface area contributed by atoms with Crippen LogP contribution in [-0.2, 0) is 0 Å². The van der Waals surface area contributed by atoms with Crippen LogP contribution in [0.4, 0.5) is 10.5 Å². The number of anilines is 1. The lowest BCUT2D eigenvalue weighted by Gasteiger charge is -2.25. The Balaban J connectivity index is 2.35. The summed E-state index contributed by atoms with van der Waals surface area (Å²) in [6, 6.07) is 14.1. The number of halogens is 2. The maximum atomic E-state index is 12.6. The molecule has 2 aromatic rings. The summed E-state index contributed by atoms with van der Waals surface area (Å²) < 4.78 is 0. The zero-order valence-electron chi connectivity index (χ0n) is 13.8. The van der Waals surface area contributed by atoms with Crippen LogP contribution in [0.3, 0.4) is 0 Å². The van der Waals surface area contributed by atoms with E-state index in [4.69, 9.17) is 23.2 Å². The second-order valence-electron chi connectivity index (χ2n) is 6.25. The summed E-state index contributed by atoms with van der Waals surface area (Å²) in [5.74, 6) is 0. The Morgan fingerprint density at radius 3 is 2.33 bits per heavy atom. The zero-order chi connectivity index (χ0) is 17.7. The van der Waals surface area contributed by atoms with Gasteiger partial charge in [-0.15, -0.1) is 0 Å². The lowest BCUT2D eigenvalue weighted by molar-refractivity contribution is 0.238. The number of benzene rings is 2. The van der Waals surface area contributed by atoms with Crippen LogP contribution in [0.1, 0.15) is 26.3 Å². The number of hydrazone groups is 1. The Morgan fingerprint density at radius 1 is 1.08 bits per heavy atom. The average molecular weight is 364 g/mol. The number of urea groups is 1. The molecule has 0 unspecified atom stereocenters. The van der Waals surface area contributed by atoms with E-state index in [-0.39, 0.29) is 6.03 Å². The number of hydrogen-bond acceptors (Lipinski definition) is 2. The normalized spacial score (nSPS) is 11.5. The van der Waals surface area contributed by atoms with E-state index in [1.165, 1.54) is 5.01 Å². The third-order valence-electron chi connectivity index (χ3n) is 2.94. The van der Waals surface area contributed by atoms with E-state index in [1.54, 1.807) is 24.4 Å². The van der Waals surface area contributed by atoms with Crippen molar-refractivity contribution in [2.24, 2.45) is 5.10 Å². The van der Waals surface area contributed by atoms with Gasteiger partial charge >= 0.3 is 6.03 Å². The maximum absolute atomic E-state index is 12.6. The molecule has 6 heteroatoms. The number of carbonyl (C=O) groups is 1. The van der Waals surface area contributed by atoms with Gasteiger partial charge in [0.25, 0.3) is 0 Å². The van der Waals surface area contributed by atoms with Gasteiger partial charge in [-0.25, -0.2) is 4.79 Å². The molecule has 0 radical (unpaired) electrons. The number of carbonyl (C=O) groups excluding carboxylic acids is 1. The minimum absolute atomic E-state index is 0.354. The first-order valence-corrected chi connectivity index (χ1v) is 8.18. The molecule has 0 saturated carbocycles. The van der Waals surface area contributed by atoms with Gasteiger partial charge in [0.15, 0.2) is 0 Å². The molecule has 2 aromatic carbocycles. The molecule has 4 nitrogen and oxygen atoms in total. The minimum atomic E-state index is -0.395. The van der Waals surface area contributed by atoms with Crippen LogP contribution in [-0.4, -0.2) is 17.8 Å². The third-order valence-corrected chi connectivity index (χ3v) is 3.68. The van der Waals surface area contributed by atoms with Crippen molar-refractivity contribution in [3.05, 3.63) is 64.1 Å².